The molecule has 0 fully saturated rings. The predicted octanol–water partition coefficient (Wildman–Crippen LogP) is 1.81. The normalized spacial score (nSPS) is 10.7. The molecule has 4 N–H and O–H groups in total. The van der Waals surface area contributed by atoms with Gasteiger partial charge in [0, 0.05) is 25.2 Å². The highest BCUT2D eigenvalue weighted by Crippen LogP contribution is 2.24. The van der Waals surface area contributed by atoms with Gasteiger partial charge in [0.2, 0.25) is 0 Å². The maximum absolute atomic E-state index is 5.53. The molecule has 0 atom stereocenters. The lowest BCUT2D eigenvalue weighted by Gasteiger charge is -2.13. The van der Waals surface area contributed by atoms with Crippen molar-refractivity contribution in [2.45, 2.75) is 33.6 Å². The van der Waals surface area contributed by atoms with Gasteiger partial charge in [-0.1, -0.05) is 6.92 Å². The van der Waals surface area contributed by atoms with Crippen molar-refractivity contribution in [2.75, 3.05) is 10.7 Å². The predicted molar refractivity (Wildman–Crippen MR) is 79.8 cm³/mol. The molecule has 2 aromatic rings. The number of aryl methyl sites for hydroxylation is 3. The Labute approximate surface area is 118 Å². The summed E-state index contributed by atoms with van der Waals surface area (Å²) in [4.78, 5) is 8.96. The van der Waals surface area contributed by atoms with Crippen LogP contribution in [-0.2, 0) is 13.5 Å². The van der Waals surface area contributed by atoms with Gasteiger partial charge in [0.1, 0.15) is 17.5 Å². The van der Waals surface area contributed by atoms with Gasteiger partial charge < -0.3 is 10.7 Å². The molecule has 2 rings (SSSR count). The van der Waals surface area contributed by atoms with E-state index in [-0.39, 0.29) is 0 Å². The number of aromatic nitrogens is 4. The highest BCUT2D eigenvalue weighted by atomic mass is 15.3. The molecule has 0 radical (unpaired) electrons. The van der Waals surface area contributed by atoms with Gasteiger partial charge in [0.05, 0.1) is 11.4 Å². The zero-order chi connectivity index (χ0) is 14.7. The Hall–Kier alpha value is -2.15. The molecule has 0 saturated heterocycles. The van der Waals surface area contributed by atoms with Crippen LogP contribution >= 0.6 is 0 Å². The van der Waals surface area contributed by atoms with Crippen LogP contribution in [0.3, 0.4) is 0 Å². The van der Waals surface area contributed by atoms with Crippen molar-refractivity contribution in [1.29, 1.82) is 0 Å². The molecule has 0 bridgehead atoms. The summed E-state index contributed by atoms with van der Waals surface area (Å²) >= 11 is 0. The van der Waals surface area contributed by atoms with Gasteiger partial charge in [-0.25, -0.2) is 15.8 Å². The molecule has 20 heavy (non-hydrogen) atoms. The van der Waals surface area contributed by atoms with Crippen LogP contribution in [0.15, 0.2) is 6.20 Å². The number of nitrogen functional groups attached to an aromatic ring is 1. The second-order valence-corrected chi connectivity index (χ2v) is 4.78. The second-order valence-electron chi connectivity index (χ2n) is 4.78. The first-order chi connectivity index (χ1) is 9.55. The maximum atomic E-state index is 5.53. The highest BCUT2D eigenvalue weighted by Gasteiger charge is 2.12. The molecule has 2 heterocycles. The van der Waals surface area contributed by atoms with E-state index in [1.807, 2.05) is 27.1 Å². The van der Waals surface area contributed by atoms with Crippen LogP contribution in [-0.4, -0.2) is 19.7 Å². The van der Waals surface area contributed by atoms with Crippen molar-refractivity contribution in [2.24, 2.45) is 12.9 Å². The van der Waals surface area contributed by atoms with E-state index in [0.29, 0.717) is 5.82 Å². The summed E-state index contributed by atoms with van der Waals surface area (Å²) in [5, 5.41) is 7.61. The van der Waals surface area contributed by atoms with Crippen molar-refractivity contribution in [3.8, 4) is 0 Å². The third-order valence-corrected chi connectivity index (χ3v) is 3.07. The van der Waals surface area contributed by atoms with E-state index in [1.54, 1.807) is 4.68 Å². The number of nitrogens with zero attached hydrogens (tertiary/aromatic N) is 4. The Morgan fingerprint density at radius 2 is 1.95 bits per heavy atom. The molecule has 2 aromatic heterocycles. The standard InChI is InChI=1S/C13H21N7/c1-5-6-11-16-12(8(2)13(17-11)18-14)15-10-7-20(4)19-9(10)3/h7H,5-6,14H2,1-4H3,(H2,15,16,17,18). The molecule has 0 aliphatic heterocycles. The summed E-state index contributed by atoms with van der Waals surface area (Å²) in [6.45, 7) is 5.98. The smallest absolute Gasteiger partial charge is 0.148 e. The van der Waals surface area contributed by atoms with Gasteiger partial charge in [-0.15, -0.1) is 0 Å². The number of hydrogen-bond acceptors (Lipinski definition) is 6. The number of rotatable bonds is 5. The topological polar surface area (TPSA) is 93.7 Å². The number of anilines is 3. The second kappa shape index (κ2) is 5.87. The fourth-order valence-corrected chi connectivity index (χ4v) is 2.01. The first-order valence-electron chi connectivity index (χ1n) is 6.66. The van der Waals surface area contributed by atoms with E-state index in [0.717, 1.165) is 41.4 Å². The quantitative estimate of drug-likeness (QED) is 0.569. The van der Waals surface area contributed by atoms with E-state index in [2.05, 4.69) is 32.7 Å². The Kier molecular flexibility index (Phi) is 4.19. The molecule has 0 aromatic carbocycles. The first kappa shape index (κ1) is 14.3. The van der Waals surface area contributed by atoms with Crippen LogP contribution < -0.4 is 16.6 Å². The lowest BCUT2D eigenvalue weighted by atomic mass is 10.2. The van der Waals surface area contributed by atoms with E-state index < -0.39 is 0 Å². The van der Waals surface area contributed by atoms with E-state index in [1.165, 1.54) is 0 Å². The molecular formula is C13H21N7. The van der Waals surface area contributed by atoms with Gasteiger partial charge in [-0.05, 0) is 20.3 Å². The van der Waals surface area contributed by atoms with E-state index in [4.69, 9.17) is 5.84 Å². The Morgan fingerprint density at radius 3 is 2.50 bits per heavy atom. The number of nitrogens with two attached hydrogens (primary N) is 1. The summed E-state index contributed by atoms with van der Waals surface area (Å²) in [7, 11) is 1.89. The van der Waals surface area contributed by atoms with Crippen LogP contribution in [0.25, 0.3) is 0 Å². The largest absolute Gasteiger partial charge is 0.337 e. The van der Waals surface area contributed by atoms with Crippen molar-refractivity contribution in [3.63, 3.8) is 0 Å². The van der Waals surface area contributed by atoms with Crippen LogP contribution in [0.5, 0.6) is 0 Å². The molecule has 0 aliphatic rings. The van der Waals surface area contributed by atoms with E-state index >= 15 is 0 Å². The minimum atomic E-state index is 0.646. The molecule has 0 spiro atoms. The first-order valence-corrected chi connectivity index (χ1v) is 6.66. The van der Waals surface area contributed by atoms with E-state index in [9.17, 15) is 0 Å². The maximum Gasteiger partial charge on any atom is 0.148 e. The summed E-state index contributed by atoms with van der Waals surface area (Å²) in [5.41, 5.74) is 5.36. The molecular weight excluding hydrogens is 254 g/mol. The van der Waals surface area contributed by atoms with Crippen molar-refractivity contribution < 1.29 is 0 Å². The van der Waals surface area contributed by atoms with Crippen LogP contribution in [0.2, 0.25) is 0 Å². The minimum absolute atomic E-state index is 0.646. The SMILES string of the molecule is CCCc1nc(NN)c(C)c(Nc2cn(C)nc2C)n1. The number of hydrogen-bond donors (Lipinski definition) is 3. The number of hydrazine groups is 1. The third-order valence-electron chi connectivity index (χ3n) is 3.07. The van der Waals surface area contributed by atoms with Gasteiger partial charge in [-0.2, -0.15) is 5.10 Å². The zero-order valence-corrected chi connectivity index (χ0v) is 12.4. The lowest BCUT2D eigenvalue weighted by Crippen LogP contribution is -2.14. The van der Waals surface area contributed by atoms with Gasteiger partial charge in [0.25, 0.3) is 0 Å². The third kappa shape index (κ3) is 2.88. The molecule has 108 valence electrons. The fourth-order valence-electron chi connectivity index (χ4n) is 2.01. The van der Waals surface area contributed by atoms with Crippen molar-refractivity contribution in [3.05, 3.63) is 23.3 Å². The average molecular weight is 275 g/mol. The fraction of sp³-hybridized carbons (Fsp3) is 0.462. The number of nitrogens with one attached hydrogen (secondary N) is 2. The van der Waals surface area contributed by atoms with Crippen molar-refractivity contribution in [1.82, 2.24) is 19.7 Å². The van der Waals surface area contributed by atoms with Crippen LogP contribution in [0.4, 0.5) is 17.3 Å². The van der Waals surface area contributed by atoms with Gasteiger partial charge >= 0.3 is 0 Å². The molecule has 7 heteroatoms. The molecule has 0 aliphatic carbocycles. The monoisotopic (exact) mass is 275 g/mol. The Morgan fingerprint density at radius 1 is 1.25 bits per heavy atom. The Balaban J connectivity index is 2.39. The summed E-state index contributed by atoms with van der Waals surface area (Å²) in [5.74, 6) is 7.70. The van der Waals surface area contributed by atoms with Crippen LogP contribution in [0, 0.1) is 13.8 Å². The zero-order valence-electron chi connectivity index (χ0n) is 12.4. The summed E-state index contributed by atoms with van der Waals surface area (Å²) < 4.78 is 1.77. The van der Waals surface area contributed by atoms with Gasteiger partial charge in [-0.3, -0.25) is 4.68 Å². The van der Waals surface area contributed by atoms with Crippen LogP contribution in [0.1, 0.15) is 30.4 Å². The average Bonchev–Trinajstić information content (AvgIpc) is 2.72. The molecule has 7 nitrogen and oxygen atoms in total. The minimum Gasteiger partial charge on any atom is -0.337 e. The summed E-state index contributed by atoms with van der Waals surface area (Å²) in [6, 6.07) is 0. The van der Waals surface area contributed by atoms with Gasteiger partial charge in [0.15, 0.2) is 0 Å². The molecule has 0 saturated carbocycles. The van der Waals surface area contributed by atoms with Crippen molar-refractivity contribution >= 4 is 17.3 Å². The lowest BCUT2D eigenvalue weighted by molar-refractivity contribution is 0.756. The highest BCUT2D eigenvalue weighted by molar-refractivity contribution is 5.65. The molecule has 0 amide bonds. The Bertz CT molecular complexity index is 603. The molecule has 0 unspecified atom stereocenters. The summed E-state index contributed by atoms with van der Waals surface area (Å²) in [6.07, 6.45) is 3.72.